The minimum atomic E-state index is -1.23. The van der Waals surface area contributed by atoms with E-state index < -0.39 is 41.6 Å². The summed E-state index contributed by atoms with van der Waals surface area (Å²) < 4.78 is 5.36. The smallest absolute Gasteiger partial charge is 0.247 e. The number of benzene rings is 2. The molecule has 43 heavy (non-hydrogen) atoms. The van der Waals surface area contributed by atoms with Crippen LogP contribution in [0.25, 0.3) is 0 Å². The predicted octanol–water partition coefficient (Wildman–Crippen LogP) is -0.921. The number of nitrogen functional groups attached to an aromatic ring is 1. The molecule has 0 aliphatic carbocycles. The third-order valence-electron chi connectivity index (χ3n) is 6.97. The molecule has 2 aromatic carbocycles. The van der Waals surface area contributed by atoms with Crippen molar-refractivity contribution in [3.05, 3.63) is 71.3 Å². The molecule has 1 fully saturated rings. The summed E-state index contributed by atoms with van der Waals surface area (Å²) in [6.45, 7) is 1.64. The number of nitrogens with zero attached hydrogens (tertiary/aromatic N) is 1. The Hall–Kier alpha value is -4.98. The highest BCUT2D eigenvalue weighted by molar-refractivity contribution is 6.02. The van der Waals surface area contributed by atoms with E-state index in [9.17, 15) is 19.2 Å². The number of nitrogens with one attached hydrogen (secondary N) is 5. The fraction of sp³-hybridized carbons (Fsp3) is 0.379. The molecule has 1 aliphatic heterocycles. The number of carbonyl (C=O) groups excluding carboxylic acids is 4. The molecule has 0 saturated carbocycles. The number of hydrogen-bond acceptors (Lipinski definition) is 7. The van der Waals surface area contributed by atoms with Gasteiger partial charge >= 0.3 is 0 Å². The van der Waals surface area contributed by atoms with E-state index in [0.717, 1.165) is 0 Å². The molecule has 0 unspecified atom stereocenters. The average Bonchev–Trinajstić information content (AvgIpc) is 3.00. The monoisotopic (exact) mass is 593 g/mol. The van der Waals surface area contributed by atoms with Crippen LogP contribution in [0.5, 0.6) is 0 Å². The molecule has 4 amide bonds. The zero-order valence-electron chi connectivity index (χ0n) is 23.8. The summed E-state index contributed by atoms with van der Waals surface area (Å²) in [5, 5.41) is 22.8. The molecule has 0 bridgehead atoms. The predicted molar refractivity (Wildman–Crippen MR) is 160 cm³/mol. The van der Waals surface area contributed by atoms with Crippen molar-refractivity contribution in [2.45, 2.75) is 31.3 Å². The molecule has 2 aromatic rings. The second-order valence-corrected chi connectivity index (χ2v) is 10.1. The van der Waals surface area contributed by atoms with Crippen LogP contribution in [0.1, 0.15) is 35.6 Å². The molecule has 0 spiro atoms. The molecular formula is C29H39N9O5. The van der Waals surface area contributed by atoms with Gasteiger partial charge in [-0.3, -0.25) is 30.0 Å². The standard InChI is InChI=1S/C29H39N9O5/c30-24(31)20-10-8-18(9-11-20)17-21(28(42)38-13-15-43-16-14-38)26(40)37-23(19-5-2-1-3-6-19)27(41)36-22(25(32)39)7-4-12-35-29(33)34/h1-3,5-6,8-11,21-23H,4,7,12-17H2,(H3,30,31)(H2,32,39)(H,36,41)(H,37,40)(H4,33,34,35)/t21-,22+,23+/m1/s1. The molecule has 1 saturated heterocycles. The lowest BCUT2D eigenvalue weighted by Crippen LogP contribution is -2.52. The van der Waals surface area contributed by atoms with Crippen LogP contribution in [0.15, 0.2) is 54.6 Å². The molecule has 230 valence electrons. The van der Waals surface area contributed by atoms with Crippen molar-refractivity contribution in [2.75, 3.05) is 32.8 Å². The second-order valence-electron chi connectivity index (χ2n) is 10.1. The van der Waals surface area contributed by atoms with Crippen LogP contribution in [0.2, 0.25) is 0 Å². The molecule has 1 aliphatic rings. The first-order valence-corrected chi connectivity index (χ1v) is 13.9. The Labute approximate surface area is 249 Å². The minimum Gasteiger partial charge on any atom is -0.384 e. The van der Waals surface area contributed by atoms with Gasteiger partial charge in [0.1, 0.15) is 23.8 Å². The van der Waals surface area contributed by atoms with Gasteiger partial charge in [0.2, 0.25) is 23.6 Å². The van der Waals surface area contributed by atoms with Crippen LogP contribution in [0, 0.1) is 16.7 Å². The summed E-state index contributed by atoms with van der Waals surface area (Å²) in [7, 11) is 0. The van der Waals surface area contributed by atoms with Crippen LogP contribution in [0.3, 0.4) is 0 Å². The highest BCUT2D eigenvalue weighted by Crippen LogP contribution is 2.19. The number of ether oxygens (including phenoxy) is 1. The average molecular weight is 594 g/mol. The Kier molecular flexibility index (Phi) is 12.0. The molecule has 3 atom stereocenters. The summed E-state index contributed by atoms with van der Waals surface area (Å²) in [4.78, 5) is 54.7. The lowest BCUT2D eigenvalue weighted by molar-refractivity contribution is -0.146. The summed E-state index contributed by atoms with van der Waals surface area (Å²) in [6.07, 6.45) is 0.593. The molecule has 0 aromatic heterocycles. The highest BCUT2D eigenvalue weighted by Gasteiger charge is 2.35. The van der Waals surface area contributed by atoms with Crippen LogP contribution in [0.4, 0.5) is 0 Å². The molecule has 0 radical (unpaired) electrons. The summed E-state index contributed by atoms with van der Waals surface area (Å²) in [6, 6.07) is 12.9. The Morgan fingerprint density at radius 2 is 1.53 bits per heavy atom. The number of hydrogen-bond donors (Lipinski definition) is 8. The molecule has 3 rings (SSSR count). The summed E-state index contributed by atoms with van der Waals surface area (Å²) in [5.74, 6) is -4.01. The third kappa shape index (κ3) is 9.81. The van der Waals surface area contributed by atoms with Crippen molar-refractivity contribution in [1.82, 2.24) is 20.9 Å². The van der Waals surface area contributed by atoms with Gasteiger partial charge in [-0.15, -0.1) is 0 Å². The van der Waals surface area contributed by atoms with Gasteiger partial charge in [0, 0.05) is 25.2 Å². The van der Waals surface area contributed by atoms with Gasteiger partial charge in [-0.2, -0.15) is 0 Å². The van der Waals surface area contributed by atoms with E-state index in [2.05, 4.69) is 16.0 Å². The highest BCUT2D eigenvalue weighted by atomic mass is 16.5. The Morgan fingerprint density at radius 1 is 0.884 bits per heavy atom. The third-order valence-corrected chi connectivity index (χ3v) is 6.97. The van der Waals surface area contributed by atoms with E-state index in [0.29, 0.717) is 56.0 Å². The number of amides is 4. The molecule has 14 nitrogen and oxygen atoms in total. The van der Waals surface area contributed by atoms with Crippen molar-refractivity contribution in [2.24, 2.45) is 23.1 Å². The molecule has 14 heteroatoms. The van der Waals surface area contributed by atoms with E-state index in [1.54, 1.807) is 59.5 Å². The topological polar surface area (TPSA) is 243 Å². The van der Waals surface area contributed by atoms with Crippen LogP contribution < -0.4 is 33.2 Å². The summed E-state index contributed by atoms with van der Waals surface area (Å²) >= 11 is 0. The van der Waals surface area contributed by atoms with Gasteiger partial charge in [0.05, 0.1) is 13.2 Å². The lowest BCUT2D eigenvalue weighted by atomic mass is 9.94. The second kappa shape index (κ2) is 15.9. The zero-order chi connectivity index (χ0) is 31.4. The first-order chi connectivity index (χ1) is 20.6. The number of carbonyl (C=O) groups is 4. The van der Waals surface area contributed by atoms with Crippen LogP contribution in [-0.2, 0) is 30.3 Å². The molecule has 11 N–H and O–H groups in total. The number of nitrogens with two attached hydrogens (primary N) is 3. The maximum Gasteiger partial charge on any atom is 0.247 e. The van der Waals surface area contributed by atoms with Crippen LogP contribution >= 0.6 is 0 Å². The lowest BCUT2D eigenvalue weighted by Gasteiger charge is -2.31. The van der Waals surface area contributed by atoms with E-state index in [1.165, 1.54) is 0 Å². The maximum atomic E-state index is 13.8. The van der Waals surface area contributed by atoms with Gasteiger partial charge in [-0.05, 0) is 30.4 Å². The van der Waals surface area contributed by atoms with Gasteiger partial charge in [-0.25, -0.2) is 0 Å². The van der Waals surface area contributed by atoms with Crippen molar-refractivity contribution in [3.8, 4) is 0 Å². The van der Waals surface area contributed by atoms with Crippen LogP contribution in [-0.4, -0.2) is 79.2 Å². The fourth-order valence-electron chi connectivity index (χ4n) is 4.61. The van der Waals surface area contributed by atoms with Gasteiger partial charge in [0.15, 0.2) is 5.96 Å². The fourth-order valence-corrected chi connectivity index (χ4v) is 4.61. The zero-order valence-corrected chi connectivity index (χ0v) is 23.8. The van der Waals surface area contributed by atoms with Gasteiger partial charge in [-0.1, -0.05) is 54.6 Å². The Morgan fingerprint density at radius 3 is 2.12 bits per heavy atom. The SMILES string of the molecule is N=C(N)NCCC[C@H](NC(=O)[C@@H](NC(=O)[C@@H](Cc1ccc(C(=N)N)cc1)C(=O)N1CCOCC1)c1ccccc1)C(N)=O. The van der Waals surface area contributed by atoms with E-state index in [-0.39, 0.29) is 24.6 Å². The van der Waals surface area contributed by atoms with Crippen molar-refractivity contribution >= 4 is 35.4 Å². The first-order valence-electron chi connectivity index (χ1n) is 13.9. The quantitative estimate of drug-likeness (QED) is 0.0588. The van der Waals surface area contributed by atoms with Gasteiger partial charge in [0.25, 0.3) is 0 Å². The van der Waals surface area contributed by atoms with E-state index in [4.69, 9.17) is 32.8 Å². The van der Waals surface area contributed by atoms with Crippen molar-refractivity contribution in [3.63, 3.8) is 0 Å². The van der Waals surface area contributed by atoms with Crippen molar-refractivity contribution in [1.29, 1.82) is 10.8 Å². The normalized spacial score (nSPS) is 14.9. The molecular weight excluding hydrogens is 554 g/mol. The Balaban J connectivity index is 1.84. The minimum absolute atomic E-state index is 0.0381. The number of morpholine rings is 1. The number of amidine groups is 1. The number of guanidine groups is 1. The van der Waals surface area contributed by atoms with Gasteiger partial charge < -0.3 is 42.8 Å². The summed E-state index contributed by atoms with van der Waals surface area (Å²) in [5.41, 5.74) is 18.0. The van der Waals surface area contributed by atoms with E-state index in [1.807, 2.05) is 0 Å². The Bertz CT molecular complexity index is 1300. The largest absolute Gasteiger partial charge is 0.384 e. The van der Waals surface area contributed by atoms with Crippen molar-refractivity contribution < 1.29 is 23.9 Å². The van der Waals surface area contributed by atoms with E-state index >= 15 is 0 Å². The number of rotatable bonds is 14. The first kappa shape index (κ1) is 32.5. The maximum absolute atomic E-state index is 13.8. The molecule has 1 heterocycles. The number of primary amides is 1.